The maximum atomic E-state index is 5.60. The average molecular weight is 338 g/mol. The predicted octanol–water partition coefficient (Wildman–Crippen LogP) is 3.15. The lowest BCUT2D eigenvalue weighted by atomic mass is 9.99. The summed E-state index contributed by atoms with van der Waals surface area (Å²) in [5, 5.41) is 12.5. The Kier molecular flexibility index (Phi) is 4.57. The Labute approximate surface area is 149 Å². The molecule has 0 saturated carbocycles. The Hall–Kier alpha value is -2.14. The van der Waals surface area contributed by atoms with Crippen molar-refractivity contribution in [2.45, 2.75) is 38.1 Å². The summed E-state index contributed by atoms with van der Waals surface area (Å²) >= 11 is 0. The van der Waals surface area contributed by atoms with Crippen LogP contribution in [0.4, 0.5) is 5.82 Å². The van der Waals surface area contributed by atoms with Gasteiger partial charge in [-0.2, -0.15) is 0 Å². The lowest BCUT2D eigenvalue weighted by molar-refractivity contribution is 0.260. The highest BCUT2D eigenvalue weighted by Gasteiger charge is 2.21. The van der Waals surface area contributed by atoms with Crippen molar-refractivity contribution >= 4 is 5.82 Å². The number of anilines is 1. The number of methoxy groups -OCH3 is 1. The van der Waals surface area contributed by atoms with Gasteiger partial charge in [-0.3, -0.25) is 0 Å². The maximum Gasteiger partial charge on any atom is 0.148 e. The van der Waals surface area contributed by atoms with Crippen LogP contribution >= 0.6 is 0 Å². The number of likely N-dealkylation sites (tertiary alicyclic amines) is 1. The fourth-order valence-corrected chi connectivity index (χ4v) is 4.13. The first-order valence-corrected chi connectivity index (χ1v) is 9.22. The molecule has 1 aliphatic carbocycles. The van der Waals surface area contributed by atoms with Gasteiger partial charge in [-0.05, 0) is 75.0 Å². The van der Waals surface area contributed by atoms with Crippen LogP contribution in [0.25, 0.3) is 11.3 Å². The highest BCUT2D eigenvalue weighted by Crippen LogP contribution is 2.38. The van der Waals surface area contributed by atoms with Crippen molar-refractivity contribution < 1.29 is 4.74 Å². The molecule has 0 radical (unpaired) electrons. The molecule has 2 heterocycles. The summed E-state index contributed by atoms with van der Waals surface area (Å²) in [4.78, 5) is 2.36. The van der Waals surface area contributed by atoms with Gasteiger partial charge in [-0.25, -0.2) is 0 Å². The van der Waals surface area contributed by atoms with Gasteiger partial charge in [0.05, 0.1) is 12.8 Å². The fourth-order valence-electron chi connectivity index (χ4n) is 4.13. The molecule has 0 bridgehead atoms. The second-order valence-electron chi connectivity index (χ2n) is 7.18. The average Bonchev–Trinajstić information content (AvgIpc) is 3.10. The highest BCUT2D eigenvalue weighted by atomic mass is 16.5. The molecule has 1 aliphatic heterocycles. The Morgan fingerprint density at radius 3 is 2.80 bits per heavy atom. The third kappa shape index (κ3) is 3.33. The summed E-state index contributed by atoms with van der Waals surface area (Å²) < 4.78 is 5.60. The first-order chi connectivity index (χ1) is 12.2. The van der Waals surface area contributed by atoms with E-state index in [1.54, 1.807) is 7.11 Å². The minimum absolute atomic E-state index is 0.453. The number of piperidine rings is 1. The highest BCUT2D eigenvalue weighted by molar-refractivity contribution is 5.73. The molecule has 0 unspecified atom stereocenters. The van der Waals surface area contributed by atoms with Gasteiger partial charge in [-0.15, -0.1) is 10.2 Å². The van der Waals surface area contributed by atoms with Crippen LogP contribution in [0, 0.1) is 0 Å². The standard InChI is InChI=1S/C20H26N4O/c1-24-12-4-6-15(13-24)21-19-11-9-17(22-23-19)20-16-7-3-5-14(16)8-10-18(20)25-2/h8-11,15H,3-7,12-13H2,1-2H3,(H,21,23)/t15-/m1/s1. The SMILES string of the molecule is COc1ccc2c(c1-c1ccc(N[C@@H]3CCCN(C)C3)nn1)CCC2. The molecule has 5 heteroatoms. The molecule has 2 aliphatic rings. The van der Waals surface area contributed by atoms with Gasteiger partial charge in [0.2, 0.25) is 0 Å². The van der Waals surface area contributed by atoms with Gasteiger partial charge >= 0.3 is 0 Å². The van der Waals surface area contributed by atoms with Gasteiger partial charge < -0.3 is 15.0 Å². The maximum absolute atomic E-state index is 5.60. The van der Waals surface area contributed by atoms with Crippen LogP contribution in [-0.4, -0.2) is 48.4 Å². The summed E-state index contributed by atoms with van der Waals surface area (Å²) in [6.45, 7) is 2.24. The molecule has 1 saturated heterocycles. The Morgan fingerprint density at radius 2 is 2.04 bits per heavy atom. The largest absolute Gasteiger partial charge is 0.496 e. The molecular formula is C20H26N4O. The van der Waals surface area contributed by atoms with E-state index in [9.17, 15) is 0 Å². The molecule has 0 amide bonds. The number of hydrogen-bond donors (Lipinski definition) is 1. The first-order valence-electron chi connectivity index (χ1n) is 9.22. The Balaban J connectivity index is 1.58. The number of nitrogens with zero attached hydrogens (tertiary/aromatic N) is 3. The quantitative estimate of drug-likeness (QED) is 0.928. The second kappa shape index (κ2) is 7.00. The third-order valence-electron chi connectivity index (χ3n) is 5.36. The molecule has 4 rings (SSSR count). The topological polar surface area (TPSA) is 50.3 Å². The number of aryl methyl sites for hydroxylation is 1. The minimum Gasteiger partial charge on any atom is -0.496 e. The number of likely N-dealkylation sites (N-methyl/N-ethyl adjacent to an activating group) is 1. The van der Waals surface area contributed by atoms with Crippen LogP contribution in [-0.2, 0) is 12.8 Å². The van der Waals surface area contributed by atoms with Crippen molar-refractivity contribution in [2.75, 3.05) is 32.6 Å². The molecular weight excluding hydrogens is 312 g/mol. The lowest BCUT2D eigenvalue weighted by Crippen LogP contribution is -2.39. The van der Waals surface area contributed by atoms with Gasteiger partial charge in [-0.1, -0.05) is 6.07 Å². The summed E-state index contributed by atoms with van der Waals surface area (Å²) in [5.41, 5.74) is 4.82. The zero-order chi connectivity index (χ0) is 17.2. The van der Waals surface area contributed by atoms with Crippen molar-refractivity contribution in [1.82, 2.24) is 15.1 Å². The molecule has 5 nitrogen and oxygen atoms in total. The van der Waals surface area contributed by atoms with Crippen molar-refractivity contribution in [1.29, 1.82) is 0 Å². The summed E-state index contributed by atoms with van der Waals surface area (Å²) in [7, 11) is 3.90. The van der Waals surface area contributed by atoms with Crippen molar-refractivity contribution in [3.05, 3.63) is 35.4 Å². The smallest absolute Gasteiger partial charge is 0.148 e. The molecule has 1 aromatic heterocycles. The molecule has 2 aromatic rings. The van der Waals surface area contributed by atoms with Gasteiger partial charge in [0.1, 0.15) is 11.6 Å². The van der Waals surface area contributed by atoms with Crippen LogP contribution in [0.5, 0.6) is 5.75 Å². The van der Waals surface area contributed by atoms with Crippen molar-refractivity contribution in [3.63, 3.8) is 0 Å². The third-order valence-corrected chi connectivity index (χ3v) is 5.36. The summed E-state index contributed by atoms with van der Waals surface area (Å²) in [6, 6.07) is 8.82. The molecule has 1 aromatic carbocycles. The molecule has 1 N–H and O–H groups in total. The van der Waals surface area contributed by atoms with Crippen LogP contribution in [0.15, 0.2) is 24.3 Å². The predicted molar refractivity (Wildman–Crippen MR) is 100 cm³/mol. The number of aromatic nitrogens is 2. The minimum atomic E-state index is 0.453. The summed E-state index contributed by atoms with van der Waals surface area (Å²) in [6.07, 6.45) is 5.87. The number of fused-ring (bicyclic) bond motifs is 1. The number of hydrogen-bond acceptors (Lipinski definition) is 5. The number of benzene rings is 1. The van der Waals surface area contributed by atoms with E-state index in [0.29, 0.717) is 6.04 Å². The molecule has 25 heavy (non-hydrogen) atoms. The van der Waals surface area contributed by atoms with E-state index in [2.05, 4.69) is 45.7 Å². The number of nitrogens with one attached hydrogen (secondary N) is 1. The van der Waals surface area contributed by atoms with Gasteiger partial charge in [0.25, 0.3) is 0 Å². The normalized spacial score (nSPS) is 20.3. The molecule has 0 spiro atoms. The number of rotatable bonds is 4. The lowest BCUT2D eigenvalue weighted by Gasteiger charge is -2.30. The molecule has 1 atom stereocenters. The van der Waals surface area contributed by atoms with E-state index in [1.165, 1.54) is 36.9 Å². The van der Waals surface area contributed by atoms with Gasteiger partial charge in [0.15, 0.2) is 0 Å². The van der Waals surface area contributed by atoms with E-state index >= 15 is 0 Å². The monoisotopic (exact) mass is 338 g/mol. The van der Waals surface area contributed by atoms with Crippen LogP contribution in [0.3, 0.4) is 0 Å². The zero-order valence-corrected chi connectivity index (χ0v) is 15.1. The van der Waals surface area contributed by atoms with E-state index in [-0.39, 0.29) is 0 Å². The van der Waals surface area contributed by atoms with Crippen molar-refractivity contribution in [2.24, 2.45) is 0 Å². The Bertz CT molecular complexity index is 744. The number of ether oxygens (including phenoxy) is 1. The van der Waals surface area contributed by atoms with Crippen LogP contribution in [0.1, 0.15) is 30.4 Å². The molecule has 1 fully saturated rings. The van der Waals surface area contributed by atoms with E-state index in [4.69, 9.17) is 4.74 Å². The van der Waals surface area contributed by atoms with Crippen LogP contribution < -0.4 is 10.1 Å². The zero-order valence-electron chi connectivity index (χ0n) is 15.1. The van der Waals surface area contributed by atoms with E-state index in [1.807, 2.05) is 6.07 Å². The molecule has 132 valence electrons. The van der Waals surface area contributed by atoms with Crippen LogP contribution in [0.2, 0.25) is 0 Å². The van der Waals surface area contributed by atoms with Gasteiger partial charge in [0, 0.05) is 18.2 Å². The second-order valence-corrected chi connectivity index (χ2v) is 7.18. The van der Waals surface area contributed by atoms with E-state index < -0.39 is 0 Å². The fraction of sp³-hybridized carbons (Fsp3) is 0.500. The van der Waals surface area contributed by atoms with Crippen molar-refractivity contribution in [3.8, 4) is 17.0 Å². The van der Waals surface area contributed by atoms with E-state index in [0.717, 1.165) is 42.2 Å². The first kappa shape index (κ1) is 16.3. The summed E-state index contributed by atoms with van der Waals surface area (Å²) in [5.74, 6) is 1.75. The Morgan fingerprint density at radius 1 is 1.12 bits per heavy atom.